The summed E-state index contributed by atoms with van der Waals surface area (Å²) in [6.07, 6.45) is 4.73. The van der Waals surface area contributed by atoms with Crippen molar-refractivity contribution in [3.63, 3.8) is 0 Å². The van der Waals surface area contributed by atoms with Crippen LogP contribution in [0.5, 0.6) is 0 Å². The number of rotatable bonds is 4. The summed E-state index contributed by atoms with van der Waals surface area (Å²) in [4.78, 5) is 25.7. The van der Waals surface area contributed by atoms with Crippen molar-refractivity contribution < 1.29 is 4.79 Å². The summed E-state index contributed by atoms with van der Waals surface area (Å²) in [6.45, 7) is 4.27. The summed E-state index contributed by atoms with van der Waals surface area (Å²) in [5.74, 6) is 1.29. The summed E-state index contributed by atoms with van der Waals surface area (Å²) < 4.78 is 0. The fourth-order valence-corrected chi connectivity index (χ4v) is 2.87. The molecule has 1 aliphatic heterocycles. The van der Waals surface area contributed by atoms with Crippen molar-refractivity contribution in [1.29, 1.82) is 0 Å². The Morgan fingerprint density at radius 1 is 1.43 bits per heavy atom. The van der Waals surface area contributed by atoms with Crippen LogP contribution in [0.2, 0.25) is 0 Å². The number of carbonyl (C=O) groups is 1. The van der Waals surface area contributed by atoms with Crippen LogP contribution in [0, 0.1) is 12.8 Å². The Hall–Kier alpha value is -2.90. The molecule has 118 valence electrons. The zero-order valence-electron chi connectivity index (χ0n) is 12.7. The van der Waals surface area contributed by atoms with E-state index in [2.05, 4.69) is 30.5 Å². The van der Waals surface area contributed by atoms with Gasteiger partial charge in [0, 0.05) is 37.4 Å². The second-order valence-corrected chi connectivity index (χ2v) is 5.88. The smallest absolute Gasteiger partial charge is 0.257 e. The second-order valence-electron chi connectivity index (χ2n) is 5.88. The molecular weight excluding hydrogens is 294 g/mol. The number of aromatic nitrogens is 5. The van der Waals surface area contributed by atoms with Crippen LogP contribution in [0.1, 0.15) is 16.1 Å². The fraction of sp³-hybridized carbons (Fsp3) is 0.333. The highest BCUT2D eigenvalue weighted by Gasteiger charge is 2.31. The van der Waals surface area contributed by atoms with Gasteiger partial charge in [0.05, 0.1) is 17.1 Å². The van der Waals surface area contributed by atoms with Gasteiger partial charge in [0.15, 0.2) is 0 Å². The van der Waals surface area contributed by atoms with Crippen LogP contribution in [-0.2, 0) is 0 Å². The number of carbonyl (C=O) groups excluding carboxylic acids is 1. The van der Waals surface area contributed by atoms with E-state index < -0.39 is 0 Å². The molecule has 0 aromatic carbocycles. The summed E-state index contributed by atoms with van der Waals surface area (Å²) in [5.41, 5.74) is 2.51. The minimum Gasteiger partial charge on any atom is -0.369 e. The van der Waals surface area contributed by atoms with E-state index in [1.807, 2.05) is 17.9 Å². The van der Waals surface area contributed by atoms with Crippen molar-refractivity contribution in [3.8, 4) is 0 Å². The highest BCUT2D eigenvalue weighted by atomic mass is 16.2. The van der Waals surface area contributed by atoms with E-state index >= 15 is 0 Å². The van der Waals surface area contributed by atoms with Gasteiger partial charge < -0.3 is 15.2 Å². The van der Waals surface area contributed by atoms with Gasteiger partial charge >= 0.3 is 0 Å². The maximum Gasteiger partial charge on any atom is 0.257 e. The highest BCUT2D eigenvalue weighted by Crippen LogP contribution is 2.22. The van der Waals surface area contributed by atoms with Crippen molar-refractivity contribution >= 4 is 22.8 Å². The van der Waals surface area contributed by atoms with Crippen molar-refractivity contribution in [2.24, 2.45) is 5.92 Å². The maximum absolute atomic E-state index is 12.1. The van der Waals surface area contributed by atoms with E-state index in [4.69, 9.17) is 0 Å². The quantitative estimate of drug-likeness (QED) is 0.671. The van der Waals surface area contributed by atoms with Crippen LogP contribution in [-0.4, -0.2) is 55.6 Å². The normalized spacial score (nSPS) is 14.9. The number of likely N-dealkylation sites (tertiary alicyclic amines) is 1. The number of hydrogen-bond acceptors (Lipinski definition) is 5. The summed E-state index contributed by atoms with van der Waals surface area (Å²) in [5, 5.41) is 10.8. The van der Waals surface area contributed by atoms with E-state index in [0.717, 1.165) is 42.2 Å². The lowest BCUT2D eigenvalue weighted by molar-refractivity contribution is 0.0521. The van der Waals surface area contributed by atoms with Gasteiger partial charge in [-0.15, -0.1) is 0 Å². The molecule has 23 heavy (non-hydrogen) atoms. The highest BCUT2D eigenvalue weighted by molar-refractivity contribution is 5.94. The molecule has 0 saturated carbocycles. The molecule has 0 bridgehead atoms. The lowest BCUT2D eigenvalue weighted by Crippen LogP contribution is -2.52. The summed E-state index contributed by atoms with van der Waals surface area (Å²) in [7, 11) is 0. The average molecular weight is 311 g/mol. The Morgan fingerprint density at radius 3 is 3.09 bits per heavy atom. The van der Waals surface area contributed by atoms with Gasteiger partial charge in [-0.1, -0.05) is 0 Å². The Bertz CT molecular complexity index is 833. The molecule has 1 fully saturated rings. The van der Waals surface area contributed by atoms with Crippen molar-refractivity contribution in [1.82, 2.24) is 30.0 Å². The molecule has 1 amide bonds. The molecule has 8 nitrogen and oxygen atoms in total. The number of amides is 1. The van der Waals surface area contributed by atoms with Crippen LogP contribution in [0.25, 0.3) is 11.0 Å². The molecule has 3 aromatic rings. The van der Waals surface area contributed by atoms with Gasteiger partial charge in [0.25, 0.3) is 5.91 Å². The molecule has 3 aromatic heterocycles. The van der Waals surface area contributed by atoms with E-state index in [-0.39, 0.29) is 5.91 Å². The molecule has 0 spiro atoms. The molecular formula is C15H17N7O. The molecule has 0 radical (unpaired) electrons. The van der Waals surface area contributed by atoms with E-state index in [0.29, 0.717) is 11.5 Å². The van der Waals surface area contributed by atoms with Gasteiger partial charge in [-0.3, -0.25) is 9.89 Å². The first-order chi connectivity index (χ1) is 11.2. The molecule has 0 unspecified atom stereocenters. The topological polar surface area (TPSA) is 103 Å². The molecule has 1 aliphatic rings. The monoisotopic (exact) mass is 311 g/mol. The van der Waals surface area contributed by atoms with Gasteiger partial charge in [0.1, 0.15) is 17.8 Å². The van der Waals surface area contributed by atoms with E-state index in [1.54, 1.807) is 18.7 Å². The number of aromatic amines is 2. The molecule has 8 heteroatoms. The van der Waals surface area contributed by atoms with Crippen molar-refractivity contribution in [3.05, 3.63) is 36.0 Å². The Labute approximate surface area is 132 Å². The number of aryl methyl sites for hydroxylation is 1. The van der Waals surface area contributed by atoms with Gasteiger partial charge in [-0.05, 0) is 13.0 Å². The number of H-pyrrole nitrogens is 2. The van der Waals surface area contributed by atoms with Crippen LogP contribution >= 0.6 is 0 Å². The zero-order valence-corrected chi connectivity index (χ0v) is 12.7. The summed E-state index contributed by atoms with van der Waals surface area (Å²) >= 11 is 0. The molecule has 0 aliphatic carbocycles. The first-order valence-electron chi connectivity index (χ1n) is 7.53. The van der Waals surface area contributed by atoms with Crippen LogP contribution in [0.15, 0.2) is 24.8 Å². The minimum atomic E-state index is 0.0284. The van der Waals surface area contributed by atoms with E-state index in [9.17, 15) is 4.79 Å². The van der Waals surface area contributed by atoms with Gasteiger partial charge in [-0.25, -0.2) is 9.97 Å². The standard InChI is InChI=1S/C15H17N7O/c1-9-2-12-13(17-8-18-14(12)21-9)16-3-10-6-22(7-10)15(23)11-4-19-20-5-11/h2,4-5,8,10H,3,6-7H2,1H3,(H,19,20)(H2,16,17,18,21). The number of fused-ring (bicyclic) bond motifs is 1. The molecule has 3 N–H and O–H groups in total. The van der Waals surface area contributed by atoms with Crippen molar-refractivity contribution in [2.75, 3.05) is 25.0 Å². The summed E-state index contributed by atoms with van der Waals surface area (Å²) in [6, 6.07) is 2.03. The molecule has 1 saturated heterocycles. The minimum absolute atomic E-state index is 0.0284. The number of nitrogens with zero attached hydrogens (tertiary/aromatic N) is 4. The van der Waals surface area contributed by atoms with E-state index in [1.165, 1.54) is 0 Å². The molecule has 0 atom stereocenters. The predicted molar refractivity (Wildman–Crippen MR) is 85.1 cm³/mol. The predicted octanol–water partition coefficient (Wildman–Crippen LogP) is 1.17. The van der Waals surface area contributed by atoms with Gasteiger partial charge in [-0.2, -0.15) is 5.10 Å². The number of anilines is 1. The third-order valence-corrected chi connectivity index (χ3v) is 4.11. The van der Waals surface area contributed by atoms with Crippen LogP contribution in [0.4, 0.5) is 5.82 Å². The van der Waals surface area contributed by atoms with Gasteiger partial charge in [0.2, 0.25) is 0 Å². The fourth-order valence-electron chi connectivity index (χ4n) is 2.87. The zero-order chi connectivity index (χ0) is 15.8. The third-order valence-electron chi connectivity index (χ3n) is 4.11. The second kappa shape index (κ2) is 5.38. The first kappa shape index (κ1) is 13.7. The maximum atomic E-state index is 12.1. The van der Waals surface area contributed by atoms with Crippen molar-refractivity contribution in [2.45, 2.75) is 6.92 Å². The molecule has 4 heterocycles. The van der Waals surface area contributed by atoms with Crippen LogP contribution < -0.4 is 5.32 Å². The lowest BCUT2D eigenvalue weighted by Gasteiger charge is -2.39. The number of nitrogens with one attached hydrogen (secondary N) is 3. The average Bonchev–Trinajstić information content (AvgIpc) is 3.13. The Kier molecular flexibility index (Phi) is 3.22. The lowest BCUT2D eigenvalue weighted by atomic mass is 9.99. The largest absolute Gasteiger partial charge is 0.369 e. The SMILES string of the molecule is Cc1cc2c(NCC3CN(C(=O)c4cn[nH]c4)C3)ncnc2[nH]1. The van der Waals surface area contributed by atoms with Crippen LogP contribution in [0.3, 0.4) is 0 Å². The Morgan fingerprint density at radius 2 is 2.30 bits per heavy atom. The Balaban J connectivity index is 1.35. The first-order valence-corrected chi connectivity index (χ1v) is 7.53. The third kappa shape index (κ3) is 2.52. The number of hydrogen-bond donors (Lipinski definition) is 3. The molecule has 4 rings (SSSR count).